The van der Waals surface area contributed by atoms with Crippen LogP contribution in [0.4, 0.5) is 34.6 Å². The van der Waals surface area contributed by atoms with Crippen molar-refractivity contribution in [1.82, 2.24) is 4.98 Å². The van der Waals surface area contributed by atoms with Gasteiger partial charge in [0.1, 0.15) is 23.3 Å². The molecule has 1 fully saturated rings. The summed E-state index contributed by atoms with van der Waals surface area (Å²) >= 11 is 0. The van der Waals surface area contributed by atoms with E-state index in [4.69, 9.17) is 11.5 Å². The van der Waals surface area contributed by atoms with Gasteiger partial charge in [0.15, 0.2) is 0 Å². The average Bonchev–Trinajstić information content (AvgIpc) is 2.75. The van der Waals surface area contributed by atoms with Crippen LogP contribution < -0.4 is 21.7 Å². The average molecular weight is 546 g/mol. The number of rotatable bonds is 4. The van der Waals surface area contributed by atoms with Gasteiger partial charge in [0, 0.05) is 31.0 Å². The van der Waals surface area contributed by atoms with Crippen molar-refractivity contribution < 1.29 is 22.4 Å². The molecule has 0 saturated carbocycles. The number of carbonyl (C=O) groups is 1. The van der Waals surface area contributed by atoms with E-state index >= 15 is 4.39 Å². The first-order valence-corrected chi connectivity index (χ1v) is 10.6. The summed E-state index contributed by atoms with van der Waals surface area (Å²) in [6.45, 7) is 3.32. The van der Waals surface area contributed by atoms with E-state index in [9.17, 15) is 18.0 Å². The van der Waals surface area contributed by atoms with Crippen molar-refractivity contribution in [3.05, 3.63) is 71.6 Å². The monoisotopic (exact) mass is 545 g/mol. The predicted octanol–water partition coefficient (Wildman–Crippen LogP) is 5.16. The first kappa shape index (κ1) is 29.2. The Labute approximate surface area is 217 Å². The number of carbonyl (C=O) groups excluding carboxylic acids is 1. The van der Waals surface area contributed by atoms with E-state index in [0.717, 1.165) is 30.7 Å². The smallest absolute Gasteiger partial charge is 0.258 e. The van der Waals surface area contributed by atoms with Crippen LogP contribution in [0.15, 0.2) is 42.7 Å². The summed E-state index contributed by atoms with van der Waals surface area (Å²) in [4.78, 5) is 19.0. The highest BCUT2D eigenvalue weighted by Gasteiger charge is 2.27. The minimum absolute atomic E-state index is 0. The van der Waals surface area contributed by atoms with Crippen molar-refractivity contribution in [2.24, 2.45) is 11.7 Å². The van der Waals surface area contributed by atoms with Gasteiger partial charge in [-0.1, -0.05) is 6.92 Å². The van der Waals surface area contributed by atoms with Gasteiger partial charge in [0.25, 0.3) is 5.91 Å². The van der Waals surface area contributed by atoms with Crippen LogP contribution >= 0.6 is 24.8 Å². The Morgan fingerprint density at radius 1 is 1.03 bits per heavy atom. The van der Waals surface area contributed by atoms with E-state index in [0.29, 0.717) is 30.4 Å². The molecule has 3 aromatic rings. The Morgan fingerprint density at radius 3 is 2.33 bits per heavy atom. The van der Waals surface area contributed by atoms with Crippen LogP contribution in [0.1, 0.15) is 23.7 Å². The van der Waals surface area contributed by atoms with Crippen molar-refractivity contribution >= 4 is 47.8 Å². The second-order valence-electron chi connectivity index (χ2n) is 8.50. The molecule has 1 amide bonds. The maximum absolute atomic E-state index is 15.3. The highest BCUT2D eigenvalue weighted by Crippen LogP contribution is 2.34. The summed E-state index contributed by atoms with van der Waals surface area (Å²) in [5, 5.41) is 2.58. The van der Waals surface area contributed by atoms with Crippen LogP contribution in [0, 0.1) is 29.2 Å². The molecule has 0 unspecified atom stereocenters. The standard InChI is InChI=1S/C24H23F4N5O.2ClH/c1-12-6-14(30)11-33(10-12)20-4-5-31-9-19(20)32-24(34)15-2-3-16(25)22(23(15)28)21-17(26)7-13(29)8-18(21)27;;/h2-5,7-9,12,14H,6,10-11,29-30H2,1H3,(H,32,34);2*1H/t12-,14+;;/m1../s1. The minimum atomic E-state index is -1.40. The van der Waals surface area contributed by atoms with E-state index < -0.39 is 45.9 Å². The number of piperidine rings is 1. The van der Waals surface area contributed by atoms with E-state index in [-0.39, 0.29) is 36.5 Å². The number of halogens is 6. The predicted molar refractivity (Wildman–Crippen MR) is 137 cm³/mol. The quantitative estimate of drug-likeness (QED) is 0.311. The van der Waals surface area contributed by atoms with Gasteiger partial charge >= 0.3 is 0 Å². The Kier molecular flexibility index (Phi) is 9.53. The lowest BCUT2D eigenvalue weighted by Gasteiger charge is -2.37. The van der Waals surface area contributed by atoms with Gasteiger partial charge in [-0.15, -0.1) is 24.8 Å². The lowest BCUT2D eigenvalue weighted by Crippen LogP contribution is -2.46. The molecule has 1 aliphatic rings. The Balaban J connectivity index is 0.00000228. The summed E-state index contributed by atoms with van der Waals surface area (Å²) in [5.74, 6) is -5.74. The molecule has 0 spiro atoms. The Hall–Kier alpha value is -3.08. The van der Waals surface area contributed by atoms with Crippen LogP contribution in [-0.4, -0.2) is 30.0 Å². The van der Waals surface area contributed by atoms with Crippen molar-refractivity contribution in [3.63, 3.8) is 0 Å². The molecule has 0 aliphatic carbocycles. The molecule has 1 saturated heterocycles. The van der Waals surface area contributed by atoms with Gasteiger partial charge in [-0.3, -0.25) is 9.78 Å². The van der Waals surface area contributed by atoms with Crippen LogP contribution in [0.5, 0.6) is 0 Å². The van der Waals surface area contributed by atoms with Crippen LogP contribution in [0.25, 0.3) is 11.1 Å². The van der Waals surface area contributed by atoms with E-state index in [2.05, 4.69) is 17.2 Å². The molecule has 1 aromatic heterocycles. The Bertz CT molecular complexity index is 1230. The molecule has 194 valence electrons. The second-order valence-corrected chi connectivity index (χ2v) is 8.50. The van der Waals surface area contributed by atoms with Gasteiger partial charge in [0.2, 0.25) is 0 Å². The molecular weight excluding hydrogens is 521 g/mol. The SMILES string of the molecule is C[C@@H]1C[C@H](N)CN(c2ccncc2NC(=O)c2ccc(F)c(-c3c(F)cc(N)cc3F)c2F)C1.Cl.Cl. The number of aromatic nitrogens is 1. The van der Waals surface area contributed by atoms with E-state index in [1.54, 1.807) is 12.3 Å². The summed E-state index contributed by atoms with van der Waals surface area (Å²) in [6, 6.07) is 4.82. The number of hydrogen-bond acceptors (Lipinski definition) is 5. The lowest BCUT2D eigenvalue weighted by atomic mass is 9.96. The first-order valence-electron chi connectivity index (χ1n) is 10.6. The zero-order valence-corrected chi connectivity index (χ0v) is 20.7. The number of nitrogens with two attached hydrogens (primary N) is 2. The molecule has 2 aromatic carbocycles. The number of nitrogens with zero attached hydrogens (tertiary/aromatic N) is 2. The normalized spacial score (nSPS) is 17.1. The van der Waals surface area contributed by atoms with Crippen LogP contribution in [-0.2, 0) is 0 Å². The summed E-state index contributed by atoms with van der Waals surface area (Å²) < 4.78 is 58.5. The zero-order valence-electron chi connectivity index (χ0n) is 19.1. The fourth-order valence-corrected chi connectivity index (χ4v) is 4.33. The highest BCUT2D eigenvalue weighted by molar-refractivity contribution is 6.06. The molecule has 5 N–H and O–H groups in total. The molecule has 2 heterocycles. The lowest BCUT2D eigenvalue weighted by molar-refractivity contribution is 0.102. The van der Waals surface area contributed by atoms with Gasteiger partial charge in [-0.05, 0) is 42.7 Å². The highest BCUT2D eigenvalue weighted by atomic mass is 35.5. The number of pyridine rings is 1. The third-order valence-electron chi connectivity index (χ3n) is 5.73. The number of anilines is 3. The molecule has 4 rings (SSSR count). The summed E-state index contributed by atoms with van der Waals surface area (Å²) in [5.41, 5.74) is 9.68. The van der Waals surface area contributed by atoms with Crippen LogP contribution in [0.2, 0.25) is 0 Å². The first-order chi connectivity index (χ1) is 16.2. The molecule has 1 aliphatic heterocycles. The van der Waals surface area contributed by atoms with E-state index in [1.807, 2.05) is 4.90 Å². The zero-order chi connectivity index (χ0) is 24.6. The molecule has 0 bridgehead atoms. The maximum Gasteiger partial charge on any atom is 0.258 e. The summed E-state index contributed by atoms with van der Waals surface area (Å²) in [7, 11) is 0. The molecule has 0 radical (unpaired) electrons. The fourth-order valence-electron chi connectivity index (χ4n) is 4.33. The van der Waals surface area contributed by atoms with Gasteiger partial charge < -0.3 is 21.7 Å². The minimum Gasteiger partial charge on any atom is -0.399 e. The third-order valence-corrected chi connectivity index (χ3v) is 5.73. The molecule has 2 atom stereocenters. The second kappa shape index (κ2) is 11.8. The van der Waals surface area contributed by atoms with Crippen molar-refractivity contribution in [3.8, 4) is 11.1 Å². The van der Waals surface area contributed by atoms with Crippen molar-refractivity contribution in [2.45, 2.75) is 19.4 Å². The Morgan fingerprint density at radius 2 is 1.69 bits per heavy atom. The number of hydrogen-bond donors (Lipinski definition) is 3. The molecule has 6 nitrogen and oxygen atoms in total. The number of benzene rings is 2. The molecule has 36 heavy (non-hydrogen) atoms. The number of amides is 1. The number of nitrogens with one attached hydrogen (secondary N) is 1. The van der Waals surface area contributed by atoms with Crippen LogP contribution in [0.3, 0.4) is 0 Å². The number of nitrogen functional groups attached to an aromatic ring is 1. The third kappa shape index (κ3) is 5.83. The fraction of sp³-hybridized carbons (Fsp3) is 0.250. The topological polar surface area (TPSA) is 97.3 Å². The molecule has 12 heteroatoms. The van der Waals surface area contributed by atoms with Crippen molar-refractivity contribution in [1.29, 1.82) is 0 Å². The summed E-state index contributed by atoms with van der Waals surface area (Å²) in [6.07, 6.45) is 3.82. The molecular formula is C24H25Cl2F4N5O. The van der Waals surface area contributed by atoms with E-state index in [1.165, 1.54) is 6.20 Å². The maximum atomic E-state index is 15.3. The van der Waals surface area contributed by atoms with Gasteiger partial charge in [0.05, 0.1) is 34.3 Å². The van der Waals surface area contributed by atoms with Gasteiger partial charge in [-0.2, -0.15) is 0 Å². The van der Waals surface area contributed by atoms with Gasteiger partial charge in [-0.25, -0.2) is 17.6 Å². The largest absolute Gasteiger partial charge is 0.399 e. The van der Waals surface area contributed by atoms with Crippen molar-refractivity contribution in [2.75, 3.05) is 29.0 Å².